The molecule has 1 heterocycles. The van der Waals surface area contributed by atoms with E-state index in [4.69, 9.17) is 5.11 Å². The lowest BCUT2D eigenvalue weighted by Gasteiger charge is -2.13. The van der Waals surface area contributed by atoms with Crippen LogP contribution in [0.1, 0.15) is 35.4 Å². The highest BCUT2D eigenvalue weighted by atomic mass is 16.6. The summed E-state index contributed by atoms with van der Waals surface area (Å²) in [7, 11) is 1.41. The van der Waals surface area contributed by atoms with Crippen LogP contribution in [0.2, 0.25) is 0 Å². The molecule has 0 spiro atoms. The number of aryl methyl sites for hydroxylation is 2. The van der Waals surface area contributed by atoms with Crippen LogP contribution in [0.25, 0.3) is 0 Å². The molecule has 0 aromatic carbocycles. The predicted octanol–water partition coefficient (Wildman–Crippen LogP) is 0.620. The van der Waals surface area contributed by atoms with Crippen LogP contribution in [-0.2, 0) is 11.8 Å². The highest BCUT2D eigenvalue weighted by Gasteiger charge is 2.34. The van der Waals surface area contributed by atoms with Gasteiger partial charge in [0.1, 0.15) is 11.7 Å². The van der Waals surface area contributed by atoms with Crippen LogP contribution in [0.15, 0.2) is 0 Å². The van der Waals surface area contributed by atoms with Gasteiger partial charge in [-0.25, -0.2) is 4.79 Å². The normalized spacial score (nSPS) is 15.5. The minimum absolute atomic E-state index is 0.113. The van der Waals surface area contributed by atoms with Gasteiger partial charge in [-0.15, -0.1) is 0 Å². The topological polar surface area (TPSA) is 127 Å². The molecule has 114 valence electrons. The summed E-state index contributed by atoms with van der Waals surface area (Å²) < 4.78 is 1.10. The first-order valence-corrected chi connectivity index (χ1v) is 6.53. The summed E-state index contributed by atoms with van der Waals surface area (Å²) >= 11 is 0. The number of carboxylic acids is 1. The maximum absolute atomic E-state index is 12.2. The summed E-state index contributed by atoms with van der Waals surface area (Å²) in [5.41, 5.74) is -0.521. The third-order valence-corrected chi connectivity index (χ3v) is 3.46. The van der Waals surface area contributed by atoms with E-state index in [0.29, 0.717) is 12.3 Å². The Morgan fingerprint density at radius 3 is 2.67 bits per heavy atom. The molecule has 9 nitrogen and oxygen atoms in total. The van der Waals surface area contributed by atoms with Crippen LogP contribution >= 0.6 is 0 Å². The molecule has 0 radical (unpaired) electrons. The lowest BCUT2D eigenvalue weighted by molar-refractivity contribution is -0.385. The van der Waals surface area contributed by atoms with Gasteiger partial charge < -0.3 is 10.4 Å². The van der Waals surface area contributed by atoms with E-state index in [1.54, 1.807) is 0 Å². The number of carboxylic acid groups (broad SMARTS) is 1. The number of carbonyl (C=O) groups is 2. The Balaban J connectivity index is 2.22. The average molecular weight is 296 g/mol. The van der Waals surface area contributed by atoms with E-state index in [0.717, 1.165) is 17.5 Å². The second kappa shape index (κ2) is 5.51. The van der Waals surface area contributed by atoms with Gasteiger partial charge in [0.25, 0.3) is 5.91 Å². The number of nitro groups is 1. The lowest BCUT2D eigenvalue weighted by Crippen LogP contribution is -2.42. The molecule has 1 aromatic rings. The molecule has 1 fully saturated rings. The van der Waals surface area contributed by atoms with E-state index in [2.05, 4.69) is 10.4 Å². The summed E-state index contributed by atoms with van der Waals surface area (Å²) in [6.45, 7) is 1.42. The number of carbonyl (C=O) groups excluding carboxylic acids is 1. The zero-order valence-electron chi connectivity index (χ0n) is 11.7. The highest BCUT2D eigenvalue weighted by molar-refractivity contribution is 5.98. The third-order valence-electron chi connectivity index (χ3n) is 3.46. The Labute approximate surface area is 120 Å². The van der Waals surface area contributed by atoms with Gasteiger partial charge in [-0.05, 0) is 19.3 Å². The van der Waals surface area contributed by atoms with Gasteiger partial charge in [0.2, 0.25) is 5.69 Å². The van der Waals surface area contributed by atoms with Crippen molar-refractivity contribution in [2.24, 2.45) is 13.0 Å². The largest absolute Gasteiger partial charge is 0.480 e. The Morgan fingerprint density at radius 2 is 2.19 bits per heavy atom. The van der Waals surface area contributed by atoms with Crippen LogP contribution in [0, 0.1) is 23.0 Å². The van der Waals surface area contributed by atoms with E-state index in [1.807, 2.05) is 0 Å². The van der Waals surface area contributed by atoms with Crippen LogP contribution in [0.5, 0.6) is 0 Å². The van der Waals surface area contributed by atoms with Crippen molar-refractivity contribution in [1.82, 2.24) is 15.1 Å². The van der Waals surface area contributed by atoms with Gasteiger partial charge in [-0.2, -0.15) is 5.10 Å². The van der Waals surface area contributed by atoms with E-state index in [-0.39, 0.29) is 11.4 Å². The first-order valence-electron chi connectivity index (χ1n) is 6.53. The molecule has 1 unspecified atom stereocenters. The quantitative estimate of drug-likeness (QED) is 0.585. The molecule has 0 saturated heterocycles. The SMILES string of the molecule is Cc1nn(C)c(C(=O)NC(CC2CC2)C(=O)O)c1[N+](=O)[O-]. The number of nitrogens with zero attached hydrogens (tertiary/aromatic N) is 3. The summed E-state index contributed by atoms with van der Waals surface area (Å²) in [4.78, 5) is 33.7. The van der Waals surface area contributed by atoms with Crippen molar-refractivity contribution in [2.45, 2.75) is 32.2 Å². The van der Waals surface area contributed by atoms with Crippen LogP contribution < -0.4 is 5.32 Å². The molecule has 0 bridgehead atoms. The van der Waals surface area contributed by atoms with Crippen molar-refractivity contribution >= 4 is 17.6 Å². The van der Waals surface area contributed by atoms with Crippen molar-refractivity contribution in [2.75, 3.05) is 0 Å². The first-order chi connectivity index (χ1) is 9.81. The van der Waals surface area contributed by atoms with Gasteiger partial charge in [0.05, 0.1) is 4.92 Å². The highest BCUT2D eigenvalue weighted by Crippen LogP contribution is 2.33. The fraction of sp³-hybridized carbons (Fsp3) is 0.583. The summed E-state index contributed by atoms with van der Waals surface area (Å²) in [6.07, 6.45) is 2.24. The Bertz CT molecular complexity index is 605. The van der Waals surface area contributed by atoms with Gasteiger partial charge in [0.15, 0.2) is 0 Å². The Morgan fingerprint density at radius 1 is 1.57 bits per heavy atom. The van der Waals surface area contributed by atoms with Crippen molar-refractivity contribution in [1.29, 1.82) is 0 Å². The Kier molecular flexibility index (Phi) is 3.92. The second-order valence-electron chi connectivity index (χ2n) is 5.21. The molecule has 1 amide bonds. The number of aliphatic carboxylic acids is 1. The van der Waals surface area contributed by atoms with E-state index in [9.17, 15) is 19.7 Å². The van der Waals surface area contributed by atoms with Crippen LogP contribution in [0.3, 0.4) is 0 Å². The van der Waals surface area contributed by atoms with E-state index in [1.165, 1.54) is 14.0 Å². The lowest BCUT2D eigenvalue weighted by atomic mass is 10.1. The molecule has 1 saturated carbocycles. The van der Waals surface area contributed by atoms with Crippen molar-refractivity contribution < 1.29 is 19.6 Å². The number of hydrogen-bond donors (Lipinski definition) is 2. The minimum atomic E-state index is -1.14. The van der Waals surface area contributed by atoms with Gasteiger partial charge in [-0.1, -0.05) is 12.8 Å². The second-order valence-corrected chi connectivity index (χ2v) is 5.21. The maximum Gasteiger partial charge on any atom is 0.326 e. The van der Waals surface area contributed by atoms with Gasteiger partial charge in [-0.3, -0.25) is 19.6 Å². The van der Waals surface area contributed by atoms with Crippen LogP contribution in [-0.4, -0.2) is 37.7 Å². The third kappa shape index (κ3) is 3.18. The number of nitrogens with one attached hydrogen (secondary N) is 1. The van der Waals surface area contributed by atoms with Crippen molar-refractivity contribution in [3.63, 3.8) is 0 Å². The Hall–Kier alpha value is -2.45. The molecule has 0 aliphatic heterocycles. The molecule has 2 rings (SSSR count). The molecule has 9 heteroatoms. The molecular weight excluding hydrogens is 280 g/mol. The molecule has 1 aliphatic carbocycles. The number of rotatable bonds is 6. The monoisotopic (exact) mass is 296 g/mol. The summed E-state index contributed by atoms with van der Waals surface area (Å²) in [6, 6.07) is -1.04. The fourth-order valence-corrected chi connectivity index (χ4v) is 2.26. The molecule has 2 N–H and O–H groups in total. The predicted molar refractivity (Wildman–Crippen MR) is 70.8 cm³/mol. The zero-order valence-corrected chi connectivity index (χ0v) is 11.7. The standard InChI is InChI=1S/C12H16N4O5/c1-6-9(16(20)21)10(15(2)14-6)11(17)13-8(12(18)19)5-7-3-4-7/h7-8H,3-5H2,1-2H3,(H,13,17)(H,18,19). The number of hydrogen-bond acceptors (Lipinski definition) is 5. The average Bonchev–Trinajstić information content (AvgIpc) is 3.12. The molecule has 21 heavy (non-hydrogen) atoms. The molecule has 1 aromatic heterocycles. The zero-order chi connectivity index (χ0) is 15.7. The van der Waals surface area contributed by atoms with Gasteiger partial charge in [0, 0.05) is 7.05 Å². The molecule has 1 aliphatic rings. The number of aromatic nitrogens is 2. The van der Waals surface area contributed by atoms with E-state index >= 15 is 0 Å². The van der Waals surface area contributed by atoms with Gasteiger partial charge >= 0.3 is 11.7 Å². The molecule has 1 atom stereocenters. The van der Waals surface area contributed by atoms with Crippen molar-refractivity contribution in [3.8, 4) is 0 Å². The summed E-state index contributed by atoms with van der Waals surface area (Å²) in [5.74, 6) is -1.63. The molecular formula is C12H16N4O5. The van der Waals surface area contributed by atoms with Crippen molar-refractivity contribution in [3.05, 3.63) is 21.5 Å². The number of amides is 1. The fourth-order valence-electron chi connectivity index (χ4n) is 2.26. The maximum atomic E-state index is 12.2. The van der Waals surface area contributed by atoms with E-state index < -0.39 is 28.5 Å². The van der Waals surface area contributed by atoms with Crippen LogP contribution in [0.4, 0.5) is 5.69 Å². The first kappa shape index (κ1) is 14.9. The smallest absolute Gasteiger partial charge is 0.326 e. The minimum Gasteiger partial charge on any atom is -0.480 e. The summed E-state index contributed by atoms with van der Waals surface area (Å²) in [5, 5.41) is 26.3.